The molecule has 0 aliphatic rings. The predicted molar refractivity (Wildman–Crippen MR) is 92.2 cm³/mol. The van der Waals surface area contributed by atoms with Crippen LogP contribution in [0.2, 0.25) is 0 Å². The molecule has 0 aliphatic carbocycles. The third-order valence-corrected chi connectivity index (χ3v) is 3.98. The lowest BCUT2D eigenvalue weighted by atomic mass is 10.2. The highest BCUT2D eigenvalue weighted by atomic mass is 16.7. The van der Waals surface area contributed by atoms with Crippen molar-refractivity contribution in [1.82, 2.24) is 19.6 Å². The Morgan fingerprint density at radius 1 is 1.04 bits per heavy atom. The number of fused-ring (bicyclic) bond motifs is 1. The second-order valence-electron chi connectivity index (χ2n) is 5.31. The van der Waals surface area contributed by atoms with E-state index in [-0.39, 0.29) is 0 Å². The molecule has 0 spiro atoms. The molecule has 0 fully saturated rings. The van der Waals surface area contributed by atoms with E-state index in [2.05, 4.69) is 23.7 Å². The van der Waals surface area contributed by atoms with Crippen LogP contribution in [-0.2, 0) is 0 Å². The van der Waals surface area contributed by atoms with Crippen molar-refractivity contribution in [3.8, 4) is 11.4 Å². The molecule has 120 valence electrons. The average Bonchev–Trinajstić information content (AvgIpc) is 2.98. The van der Waals surface area contributed by atoms with E-state index in [9.17, 15) is 0 Å². The zero-order valence-electron chi connectivity index (χ0n) is 13.6. The van der Waals surface area contributed by atoms with Gasteiger partial charge in [0.2, 0.25) is 0 Å². The zero-order valence-corrected chi connectivity index (χ0v) is 13.6. The van der Waals surface area contributed by atoms with E-state index in [1.165, 1.54) is 0 Å². The number of benzene rings is 1. The number of hydrogen-bond acceptors (Lipinski definition) is 4. The SMILES string of the molecule is CCN(CC)CCOn1c(-c2ccncc2)nc2ccccc21. The Hall–Kier alpha value is -2.40. The lowest BCUT2D eigenvalue weighted by Gasteiger charge is -2.18. The summed E-state index contributed by atoms with van der Waals surface area (Å²) >= 11 is 0. The molecule has 0 atom stereocenters. The lowest BCUT2D eigenvalue weighted by molar-refractivity contribution is 0.0985. The molecule has 0 N–H and O–H groups in total. The van der Waals surface area contributed by atoms with Crippen molar-refractivity contribution in [2.24, 2.45) is 0 Å². The van der Waals surface area contributed by atoms with Crippen LogP contribution in [0.1, 0.15) is 13.8 Å². The van der Waals surface area contributed by atoms with Gasteiger partial charge in [0.1, 0.15) is 12.1 Å². The smallest absolute Gasteiger partial charge is 0.176 e. The fourth-order valence-corrected chi connectivity index (χ4v) is 2.62. The van der Waals surface area contributed by atoms with Gasteiger partial charge in [0.15, 0.2) is 5.82 Å². The van der Waals surface area contributed by atoms with Gasteiger partial charge in [-0.25, -0.2) is 4.98 Å². The van der Waals surface area contributed by atoms with E-state index >= 15 is 0 Å². The number of likely N-dealkylation sites (N-methyl/N-ethyl adjacent to an activating group) is 1. The van der Waals surface area contributed by atoms with E-state index < -0.39 is 0 Å². The van der Waals surface area contributed by atoms with Crippen molar-refractivity contribution >= 4 is 11.0 Å². The van der Waals surface area contributed by atoms with E-state index in [0.717, 1.165) is 42.1 Å². The standard InChI is InChI=1S/C18H22N4O/c1-3-21(4-2)13-14-23-22-17-8-6-5-7-16(17)20-18(22)15-9-11-19-12-10-15/h5-12H,3-4,13-14H2,1-2H3. The van der Waals surface area contributed by atoms with Crippen molar-refractivity contribution in [3.63, 3.8) is 0 Å². The molecule has 23 heavy (non-hydrogen) atoms. The molecule has 5 heteroatoms. The van der Waals surface area contributed by atoms with Crippen LogP contribution in [0.4, 0.5) is 0 Å². The Labute approximate surface area is 136 Å². The minimum atomic E-state index is 0.625. The summed E-state index contributed by atoms with van der Waals surface area (Å²) in [5.41, 5.74) is 2.92. The maximum Gasteiger partial charge on any atom is 0.176 e. The van der Waals surface area contributed by atoms with Crippen molar-refractivity contribution < 1.29 is 4.84 Å². The fourth-order valence-electron chi connectivity index (χ4n) is 2.62. The van der Waals surface area contributed by atoms with Gasteiger partial charge in [-0.1, -0.05) is 26.0 Å². The first-order valence-corrected chi connectivity index (χ1v) is 8.07. The van der Waals surface area contributed by atoms with Crippen LogP contribution in [-0.4, -0.2) is 45.8 Å². The molecule has 1 aromatic carbocycles. The van der Waals surface area contributed by atoms with Crippen LogP contribution in [0.15, 0.2) is 48.8 Å². The monoisotopic (exact) mass is 310 g/mol. The highest BCUT2D eigenvalue weighted by Gasteiger charge is 2.13. The maximum atomic E-state index is 6.07. The molecule has 0 saturated carbocycles. The number of imidazole rings is 1. The van der Waals surface area contributed by atoms with Crippen LogP contribution in [0, 0.1) is 0 Å². The van der Waals surface area contributed by atoms with Gasteiger partial charge in [0.25, 0.3) is 0 Å². The number of aromatic nitrogens is 3. The van der Waals surface area contributed by atoms with Crippen molar-refractivity contribution in [3.05, 3.63) is 48.8 Å². The van der Waals surface area contributed by atoms with E-state index in [4.69, 9.17) is 9.82 Å². The van der Waals surface area contributed by atoms with Gasteiger partial charge in [0, 0.05) is 24.5 Å². The van der Waals surface area contributed by atoms with Crippen LogP contribution in [0.3, 0.4) is 0 Å². The summed E-state index contributed by atoms with van der Waals surface area (Å²) in [5.74, 6) is 0.813. The number of nitrogens with zero attached hydrogens (tertiary/aromatic N) is 4. The van der Waals surface area contributed by atoms with E-state index in [1.807, 2.05) is 41.1 Å². The Kier molecular flexibility index (Phi) is 4.88. The first-order chi connectivity index (χ1) is 11.3. The molecule has 3 aromatic rings. The molecule has 0 radical (unpaired) electrons. The van der Waals surface area contributed by atoms with E-state index in [1.54, 1.807) is 12.4 Å². The second kappa shape index (κ2) is 7.24. The topological polar surface area (TPSA) is 43.2 Å². The zero-order chi connectivity index (χ0) is 16.1. The molecular weight excluding hydrogens is 288 g/mol. The maximum absolute atomic E-state index is 6.07. The molecule has 0 bridgehead atoms. The average molecular weight is 310 g/mol. The molecule has 5 nitrogen and oxygen atoms in total. The summed E-state index contributed by atoms with van der Waals surface area (Å²) < 4.78 is 1.84. The third kappa shape index (κ3) is 3.35. The van der Waals surface area contributed by atoms with Crippen LogP contribution < -0.4 is 4.84 Å². The van der Waals surface area contributed by atoms with Gasteiger partial charge >= 0.3 is 0 Å². The van der Waals surface area contributed by atoms with Gasteiger partial charge in [-0.3, -0.25) is 4.98 Å². The van der Waals surface area contributed by atoms with Gasteiger partial charge < -0.3 is 9.74 Å². The number of rotatable bonds is 7. The largest absolute Gasteiger partial charge is 0.410 e. The Balaban J connectivity index is 1.91. The van der Waals surface area contributed by atoms with Gasteiger partial charge in [0.05, 0.1) is 5.52 Å². The second-order valence-corrected chi connectivity index (χ2v) is 5.31. The molecule has 0 amide bonds. The molecule has 0 saturated heterocycles. The van der Waals surface area contributed by atoms with Gasteiger partial charge in [-0.2, -0.15) is 4.73 Å². The summed E-state index contributed by atoms with van der Waals surface area (Å²) in [4.78, 5) is 17.2. The molecule has 3 rings (SSSR count). The Bertz CT molecular complexity index is 750. The van der Waals surface area contributed by atoms with Gasteiger partial charge in [-0.15, -0.1) is 0 Å². The fraction of sp³-hybridized carbons (Fsp3) is 0.333. The predicted octanol–water partition coefficient (Wildman–Crippen LogP) is 2.87. The van der Waals surface area contributed by atoms with Crippen molar-refractivity contribution in [2.75, 3.05) is 26.2 Å². The van der Waals surface area contributed by atoms with Gasteiger partial charge in [-0.05, 0) is 37.4 Å². The molecule has 0 aliphatic heterocycles. The summed E-state index contributed by atoms with van der Waals surface area (Å²) in [5, 5.41) is 0. The van der Waals surface area contributed by atoms with E-state index in [0.29, 0.717) is 6.61 Å². The van der Waals surface area contributed by atoms with Crippen LogP contribution in [0.25, 0.3) is 22.4 Å². The molecule has 2 aromatic heterocycles. The molecule has 2 heterocycles. The summed E-state index contributed by atoms with van der Waals surface area (Å²) in [6.07, 6.45) is 3.55. The summed E-state index contributed by atoms with van der Waals surface area (Å²) in [6.45, 7) is 7.91. The minimum absolute atomic E-state index is 0.625. The molecule has 0 unspecified atom stereocenters. The van der Waals surface area contributed by atoms with Crippen LogP contribution in [0.5, 0.6) is 0 Å². The third-order valence-electron chi connectivity index (χ3n) is 3.98. The van der Waals surface area contributed by atoms with Crippen molar-refractivity contribution in [1.29, 1.82) is 0 Å². The Morgan fingerprint density at radius 3 is 2.52 bits per heavy atom. The highest BCUT2D eigenvalue weighted by Crippen LogP contribution is 2.23. The molecular formula is C18H22N4O. The summed E-state index contributed by atoms with van der Waals surface area (Å²) in [6, 6.07) is 11.9. The normalized spacial score (nSPS) is 11.3. The number of hydrogen-bond donors (Lipinski definition) is 0. The lowest BCUT2D eigenvalue weighted by Crippen LogP contribution is -2.30. The van der Waals surface area contributed by atoms with Crippen molar-refractivity contribution in [2.45, 2.75) is 13.8 Å². The number of pyridine rings is 1. The van der Waals surface area contributed by atoms with Crippen LogP contribution >= 0.6 is 0 Å². The Morgan fingerprint density at radius 2 is 1.78 bits per heavy atom. The first-order valence-electron chi connectivity index (χ1n) is 8.07. The first kappa shape index (κ1) is 15.5. The highest BCUT2D eigenvalue weighted by molar-refractivity contribution is 5.80. The minimum Gasteiger partial charge on any atom is -0.410 e. The quantitative estimate of drug-likeness (QED) is 0.673. The summed E-state index contributed by atoms with van der Waals surface area (Å²) in [7, 11) is 0. The number of para-hydroxylation sites is 2.